The highest BCUT2D eigenvalue weighted by molar-refractivity contribution is 7.86. The van der Waals surface area contributed by atoms with Crippen molar-refractivity contribution in [2.75, 3.05) is 39.6 Å². The van der Waals surface area contributed by atoms with E-state index in [1.54, 1.807) is 14.2 Å². The smallest absolute Gasteiger partial charge is 0.169 e. The van der Waals surface area contributed by atoms with Gasteiger partial charge in [0, 0.05) is 50.4 Å². The lowest BCUT2D eigenvalue weighted by molar-refractivity contribution is -0.116. The van der Waals surface area contributed by atoms with Crippen LogP contribution >= 0.6 is 0 Å². The van der Waals surface area contributed by atoms with Crippen molar-refractivity contribution in [2.24, 2.45) is 0 Å². The topological polar surface area (TPSA) is 38.8 Å². The Balaban J connectivity index is 2.48. The summed E-state index contributed by atoms with van der Waals surface area (Å²) in [6.07, 6.45) is -0.188. The summed E-state index contributed by atoms with van der Waals surface area (Å²) in [6.45, 7) is 6.53. The molecule has 15 heavy (non-hydrogen) atoms. The zero-order valence-electron chi connectivity index (χ0n) is 9.99. The van der Waals surface area contributed by atoms with Crippen molar-refractivity contribution < 1.29 is 13.7 Å². The fraction of sp³-hybridized carbons (Fsp3) is 1.00. The van der Waals surface area contributed by atoms with Crippen LogP contribution < -0.4 is 0 Å². The number of methoxy groups -OCH3 is 2. The molecule has 1 heterocycles. The minimum atomic E-state index is -0.713. The van der Waals surface area contributed by atoms with Crippen molar-refractivity contribution in [3.8, 4) is 0 Å². The molecule has 0 aromatic heterocycles. The summed E-state index contributed by atoms with van der Waals surface area (Å²) in [5.74, 6) is 0.743. The molecule has 1 atom stereocenters. The van der Waals surface area contributed by atoms with Gasteiger partial charge in [0.25, 0.3) is 0 Å². The van der Waals surface area contributed by atoms with Gasteiger partial charge in [0.15, 0.2) is 6.29 Å². The third-order valence-corrected chi connectivity index (χ3v) is 4.66. The zero-order chi connectivity index (χ0) is 11.5. The van der Waals surface area contributed by atoms with E-state index in [2.05, 4.69) is 4.90 Å². The van der Waals surface area contributed by atoms with Crippen molar-refractivity contribution in [3.05, 3.63) is 0 Å². The molecule has 1 fully saturated rings. The molecule has 0 spiro atoms. The molecule has 1 rings (SSSR count). The van der Waals surface area contributed by atoms with E-state index < -0.39 is 10.8 Å². The van der Waals surface area contributed by atoms with Gasteiger partial charge in [-0.2, -0.15) is 0 Å². The molecule has 1 aliphatic rings. The van der Waals surface area contributed by atoms with Gasteiger partial charge in [-0.3, -0.25) is 9.11 Å². The Morgan fingerprint density at radius 3 is 2.47 bits per heavy atom. The summed E-state index contributed by atoms with van der Waals surface area (Å²) in [6, 6.07) is 0. The van der Waals surface area contributed by atoms with E-state index in [1.807, 2.05) is 13.8 Å². The molecule has 0 aromatic rings. The van der Waals surface area contributed by atoms with E-state index in [1.165, 1.54) is 0 Å². The van der Waals surface area contributed by atoms with E-state index in [9.17, 15) is 4.21 Å². The first-order valence-electron chi connectivity index (χ1n) is 5.16. The maximum Gasteiger partial charge on any atom is 0.169 e. The van der Waals surface area contributed by atoms with E-state index >= 15 is 0 Å². The highest BCUT2D eigenvalue weighted by Gasteiger charge is 2.33. The predicted octanol–water partition coefficient (Wildman–Crippen LogP) is 0.448. The Bertz CT molecular complexity index is 229. The maximum absolute atomic E-state index is 11.7. The van der Waals surface area contributed by atoms with Gasteiger partial charge in [-0.25, -0.2) is 0 Å². The maximum atomic E-state index is 11.7. The Hall–Kier alpha value is 0.0300. The van der Waals surface area contributed by atoms with Crippen molar-refractivity contribution in [1.82, 2.24) is 4.90 Å². The number of nitrogens with zero attached hydrogens (tertiary/aromatic N) is 1. The Morgan fingerprint density at radius 2 is 2.00 bits per heavy atom. The summed E-state index contributed by atoms with van der Waals surface area (Å²) in [5.41, 5.74) is 0. The predicted molar refractivity (Wildman–Crippen MR) is 61.3 cm³/mol. The van der Waals surface area contributed by atoms with Crippen LogP contribution in [0.2, 0.25) is 0 Å². The van der Waals surface area contributed by atoms with Crippen molar-refractivity contribution in [3.63, 3.8) is 0 Å². The molecule has 0 radical (unpaired) electrons. The summed E-state index contributed by atoms with van der Waals surface area (Å²) in [5, 5.41) is 0. The van der Waals surface area contributed by atoms with Crippen LogP contribution in [0.3, 0.4) is 0 Å². The second-order valence-corrected chi connectivity index (χ2v) is 6.65. The van der Waals surface area contributed by atoms with Crippen LogP contribution in [0, 0.1) is 0 Å². The molecule has 0 amide bonds. The molecule has 0 saturated carbocycles. The van der Waals surface area contributed by atoms with Gasteiger partial charge >= 0.3 is 0 Å². The lowest BCUT2D eigenvalue weighted by Crippen LogP contribution is -2.52. The molecule has 5 heteroatoms. The van der Waals surface area contributed by atoms with Gasteiger partial charge in [-0.15, -0.1) is 0 Å². The van der Waals surface area contributed by atoms with E-state index in [0.29, 0.717) is 0 Å². The SMILES string of the molecule is COC(CN1CC[S@@](=O)C(C)(C)C1)OC. The Labute approximate surface area is 94.4 Å². The van der Waals surface area contributed by atoms with Crippen LogP contribution in [0.4, 0.5) is 0 Å². The minimum Gasteiger partial charge on any atom is -0.355 e. The summed E-state index contributed by atoms with van der Waals surface area (Å²) >= 11 is 0. The van der Waals surface area contributed by atoms with Crippen LogP contribution in [0.1, 0.15) is 13.8 Å². The average Bonchev–Trinajstić information content (AvgIpc) is 2.19. The third kappa shape index (κ3) is 3.52. The largest absolute Gasteiger partial charge is 0.355 e. The first kappa shape index (κ1) is 13.1. The number of hydrogen-bond donors (Lipinski definition) is 0. The normalized spacial score (nSPS) is 27.1. The molecule has 1 saturated heterocycles. The zero-order valence-corrected chi connectivity index (χ0v) is 10.8. The number of hydrogen-bond acceptors (Lipinski definition) is 4. The van der Waals surface area contributed by atoms with Crippen LogP contribution in [-0.2, 0) is 20.3 Å². The van der Waals surface area contributed by atoms with Crippen molar-refractivity contribution in [1.29, 1.82) is 0 Å². The van der Waals surface area contributed by atoms with Gasteiger partial charge in [0.2, 0.25) is 0 Å². The molecule has 0 bridgehead atoms. The van der Waals surface area contributed by atoms with Gasteiger partial charge in [-0.05, 0) is 13.8 Å². The van der Waals surface area contributed by atoms with Gasteiger partial charge < -0.3 is 9.47 Å². The molecule has 90 valence electrons. The number of ether oxygens (including phenoxy) is 2. The van der Waals surface area contributed by atoms with Crippen molar-refractivity contribution in [2.45, 2.75) is 24.9 Å². The quantitative estimate of drug-likeness (QED) is 0.663. The molecule has 0 N–H and O–H groups in total. The second kappa shape index (κ2) is 5.39. The van der Waals surface area contributed by atoms with E-state index in [0.717, 1.165) is 25.4 Å². The fourth-order valence-electron chi connectivity index (χ4n) is 1.79. The van der Waals surface area contributed by atoms with E-state index in [4.69, 9.17) is 9.47 Å². The standard InChI is InChI=1S/C10H21NO3S/c1-10(2)8-11(5-6-15(10)12)7-9(13-3)14-4/h9H,5-8H2,1-4H3/t15-/m1/s1. The lowest BCUT2D eigenvalue weighted by atomic mass is 10.2. The Morgan fingerprint density at radius 1 is 1.40 bits per heavy atom. The monoisotopic (exact) mass is 235 g/mol. The lowest BCUT2D eigenvalue weighted by Gasteiger charge is -2.38. The minimum absolute atomic E-state index is 0.121. The van der Waals surface area contributed by atoms with Crippen LogP contribution in [0.25, 0.3) is 0 Å². The molecular formula is C10H21NO3S. The molecule has 1 aliphatic heterocycles. The first-order chi connectivity index (χ1) is 6.99. The summed E-state index contributed by atoms with van der Waals surface area (Å²) < 4.78 is 21.9. The summed E-state index contributed by atoms with van der Waals surface area (Å²) in [7, 11) is 2.57. The average molecular weight is 235 g/mol. The number of rotatable bonds is 4. The van der Waals surface area contributed by atoms with Crippen LogP contribution in [0.15, 0.2) is 0 Å². The van der Waals surface area contributed by atoms with Crippen LogP contribution in [0.5, 0.6) is 0 Å². The van der Waals surface area contributed by atoms with Gasteiger partial charge in [-0.1, -0.05) is 0 Å². The van der Waals surface area contributed by atoms with Gasteiger partial charge in [0.05, 0.1) is 4.75 Å². The van der Waals surface area contributed by atoms with Gasteiger partial charge in [0.1, 0.15) is 0 Å². The molecule has 0 unspecified atom stereocenters. The Kier molecular flexibility index (Phi) is 4.70. The highest BCUT2D eigenvalue weighted by Crippen LogP contribution is 2.20. The van der Waals surface area contributed by atoms with E-state index in [-0.39, 0.29) is 11.0 Å². The first-order valence-corrected chi connectivity index (χ1v) is 6.48. The summed E-state index contributed by atoms with van der Waals surface area (Å²) in [4.78, 5) is 2.25. The van der Waals surface area contributed by atoms with Crippen LogP contribution in [-0.4, -0.2) is 59.8 Å². The fourth-order valence-corrected chi connectivity index (χ4v) is 3.09. The highest BCUT2D eigenvalue weighted by atomic mass is 32.2. The molecular weight excluding hydrogens is 214 g/mol. The molecule has 0 aromatic carbocycles. The third-order valence-electron chi connectivity index (χ3n) is 2.75. The van der Waals surface area contributed by atoms with Crippen molar-refractivity contribution >= 4 is 10.8 Å². The molecule has 4 nitrogen and oxygen atoms in total. The second-order valence-electron chi connectivity index (χ2n) is 4.45. The molecule has 0 aliphatic carbocycles.